The van der Waals surface area contributed by atoms with Crippen molar-refractivity contribution in [2.45, 2.75) is 57.3 Å². The molecule has 1 aromatic rings. The molecule has 0 bridgehead atoms. The number of rotatable bonds is 5. The quantitative estimate of drug-likeness (QED) is 0.811. The second-order valence-corrected chi connectivity index (χ2v) is 7.57. The summed E-state index contributed by atoms with van der Waals surface area (Å²) in [7, 11) is 0. The number of hydrogen-bond acceptors (Lipinski definition) is 2. The molecule has 3 nitrogen and oxygen atoms in total. The minimum Gasteiger partial charge on any atom is -0.352 e. The maximum atomic E-state index is 13.1. The zero-order valence-electron chi connectivity index (χ0n) is 15.0. The van der Waals surface area contributed by atoms with Gasteiger partial charge < -0.3 is 10.6 Å². The number of nitrogens with one attached hydrogen (secondary N) is 2. The van der Waals surface area contributed by atoms with Gasteiger partial charge in [0.05, 0.1) is 5.41 Å². The molecule has 1 aromatic carbocycles. The molecule has 0 unspecified atom stereocenters. The molecule has 1 heterocycles. The fourth-order valence-corrected chi connectivity index (χ4v) is 4.01. The molecule has 1 aliphatic heterocycles. The number of hydrogen-bond donors (Lipinski definition) is 2. The molecule has 1 amide bonds. The van der Waals surface area contributed by atoms with Gasteiger partial charge in [-0.1, -0.05) is 62.6 Å². The van der Waals surface area contributed by atoms with E-state index in [1.54, 1.807) is 0 Å². The van der Waals surface area contributed by atoms with Gasteiger partial charge in [-0.2, -0.15) is 0 Å². The fraction of sp³-hybridized carbons (Fsp3) is 0.571. The van der Waals surface area contributed by atoms with Gasteiger partial charge >= 0.3 is 0 Å². The third-order valence-corrected chi connectivity index (χ3v) is 5.66. The van der Waals surface area contributed by atoms with Crippen LogP contribution in [0, 0.1) is 0 Å². The van der Waals surface area contributed by atoms with E-state index in [4.69, 9.17) is 0 Å². The Labute approximate surface area is 145 Å². The smallest absolute Gasteiger partial charge is 0.230 e. The first kappa shape index (κ1) is 17.2. The van der Waals surface area contributed by atoms with Crippen molar-refractivity contribution < 1.29 is 4.79 Å². The summed E-state index contributed by atoms with van der Waals surface area (Å²) >= 11 is 0. The number of carbonyl (C=O) groups excluding carboxylic acids is 1. The number of benzene rings is 1. The van der Waals surface area contributed by atoms with Crippen LogP contribution < -0.4 is 10.6 Å². The molecule has 1 saturated carbocycles. The lowest BCUT2D eigenvalue weighted by Gasteiger charge is -2.29. The molecule has 24 heavy (non-hydrogen) atoms. The Bertz CT molecular complexity index is 595. The Morgan fingerprint density at radius 2 is 1.92 bits per heavy atom. The van der Waals surface area contributed by atoms with Crippen molar-refractivity contribution in [2.75, 3.05) is 19.6 Å². The fourth-order valence-electron chi connectivity index (χ4n) is 4.01. The highest BCUT2D eigenvalue weighted by atomic mass is 16.2. The second kappa shape index (κ2) is 7.52. The van der Waals surface area contributed by atoms with Gasteiger partial charge in [-0.15, -0.1) is 0 Å². The monoisotopic (exact) mass is 326 g/mol. The third-order valence-electron chi connectivity index (χ3n) is 5.66. The largest absolute Gasteiger partial charge is 0.352 e. The van der Waals surface area contributed by atoms with Crippen molar-refractivity contribution >= 4 is 5.91 Å². The lowest BCUT2D eigenvalue weighted by atomic mass is 9.77. The normalized spacial score (nSPS) is 20.0. The highest BCUT2D eigenvalue weighted by Crippen LogP contribution is 2.41. The highest BCUT2D eigenvalue weighted by Gasteiger charge is 2.42. The van der Waals surface area contributed by atoms with Gasteiger partial charge in [-0.3, -0.25) is 4.79 Å². The van der Waals surface area contributed by atoms with Gasteiger partial charge in [0.15, 0.2) is 0 Å². The number of amides is 1. The zero-order valence-corrected chi connectivity index (χ0v) is 15.0. The van der Waals surface area contributed by atoms with E-state index in [0.717, 1.165) is 45.2 Å². The van der Waals surface area contributed by atoms with E-state index in [1.165, 1.54) is 16.7 Å². The molecule has 1 fully saturated rings. The van der Waals surface area contributed by atoms with Gasteiger partial charge in [0.25, 0.3) is 0 Å². The van der Waals surface area contributed by atoms with Gasteiger partial charge in [0, 0.05) is 13.1 Å². The maximum Gasteiger partial charge on any atom is 0.230 e. The van der Waals surface area contributed by atoms with Crippen LogP contribution in [0.4, 0.5) is 0 Å². The van der Waals surface area contributed by atoms with E-state index in [9.17, 15) is 4.79 Å². The van der Waals surface area contributed by atoms with Crippen molar-refractivity contribution in [3.05, 3.63) is 47.0 Å². The average Bonchev–Trinajstić information content (AvgIpc) is 3.12. The van der Waals surface area contributed by atoms with Crippen molar-refractivity contribution in [3.63, 3.8) is 0 Å². The van der Waals surface area contributed by atoms with Crippen LogP contribution in [0.3, 0.4) is 0 Å². The molecule has 130 valence electrons. The minimum absolute atomic E-state index is 0.219. The maximum absolute atomic E-state index is 13.1. The van der Waals surface area contributed by atoms with Crippen LogP contribution in [-0.4, -0.2) is 25.5 Å². The van der Waals surface area contributed by atoms with Crippen LogP contribution in [0.15, 0.2) is 35.9 Å². The number of carbonyl (C=O) groups is 1. The molecule has 0 radical (unpaired) electrons. The molecule has 1 aliphatic carbocycles. The predicted octanol–water partition coefficient (Wildman–Crippen LogP) is 3.66. The second-order valence-electron chi connectivity index (χ2n) is 7.57. The first-order valence-electron chi connectivity index (χ1n) is 9.39. The summed E-state index contributed by atoms with van der Waals surface area (Å²) in [4.78, 5) is 13.1. The molecular formula is C21H30N2O. The Kier molecular flexibility index (Phi) is 5.40. The van der Waals surface area contributed by atoms with Gasteiger partial charge in [0.2, 0.25) is 5.91 Å². The Morgan fingerprint density at radius 3 is 2.50 bits per heavy atom. The highest BCUT2D eigenvalue weighted by molar-refractivity contribution is 5.88. The zero-order chi connectivity index (χ0) is 17.0. The summed E-state index contributed by atoms with van der Waals surface area (Å²) in [6.07, 6.45) is 7.48. The van der Waals surface area contributed by atoms with Crippen molar-refractivity contribution in [3.8, 4) is 0 Å². The lowest BCUT2D eigenvalue weighted by molar-refractivity contribution is -0.126. The first-order valence-corrected chi connectivity index (χ1v) is 9.39. The molecule has 2 aliphatic rings. The molecule has 3 rings (SSSR count). The third kappa shape index (κ3) is 3.56. The summed E-state index contributed by atoms with van der Waals surface area (Å²) in [6, 6.07) is 8.76. The van der Waals surface area contributed by atoms with E-state index in [0.29, 0.717) is 12.5 Å². The van der Waals surface area contributed by atoms with Crippen molar-refractivity contribution in [2.24, 2.45) is 0 Å². The van der Waals surface area contributed by atoms with Crippen molar-refractivity contribution in [1.82, 2.24) is 10.6 Å². The summed E-state index contributed by atoms with van der Waals surface area (Å²) in [6.45, 7) is 7.06. The van der Waals surface area contributed by atoms with E-state index < -0.39 is 0 Å². The molecule has 3 heteroatoms. The Morgan fingerprint density at radius 1 is 1.21 bits per heavy atom. The van der Waals surface area contributed by atoms with Crippen LogP contribution in [0.2, 0.25) is 0 Å². The van der Waals surface area contributed by atoms with Crippen molar-refractivity contribution in [1.29, 1.82) is 0 Å². The standard InChI is InChI=1S/C21H30N2O/c1-16(2)18-5-7-19(8-6-18)21(11-3-4-12-21)20(24)23-15-17-9-13-22-14-10-17/h5-9,16,22H,3-4,10-15H2,1-2H3,(H,23,24). The van der Waals surface area contributed by atoms with Crippen LogP contribution in [0.1, 0.15) is 63.0 Å². The predicted molar refractivity (Wildman–Crippen MR) is 99.3 cm³/mol. The van der Waals surface area contributed by atoms with Crippen LogP contribution in [0.5, 0.6) is 0 Å². The summed E-state index contributed by atoms with van der Waals surface area (Å²) < 4.78 is 0. The molecular weight excluding hydrogens is 296 g/mol. The van der Waals surface area contributed by atoms with Gasteiger partial charge in [0.1, 0.15) is 0 Å². The molecule has 2 N–H and O–H groups in total. The Balaban J connectivity index is 1.74. The Hall–Kier alpha value is -1.61. The first-order chi connectivity index (χ1) is 11.6. The van der Waals surface area contributed by atoms with Crippen LogP contribution in [-0.2, 0) is 10.2 Å². The van der Waals surface area contributed by atoms with Gasteiger partial charge in [-0.05, 0) is 42.9 Å². The lowest BCUT2D eigenvalue weighted by Crippen LogP contribution is -2.43. The molecule has 0 atom stereocenters. The van der Waals surface area contributed by atoms with Gasteiger partial charge in [-0.25, -0.2) is 0 Å². The summed E-state index contributed by atoms with van der Waals surface area (Å²) in [5.41, 5.74) is 3.57. The molecule has 0 spiro atoms. The van der Waals surface area contributed by atoms with Crippen LogP contribution in [0.25, 0.3) is 0 Å². The topological polar surface area (TPSA) is 41.1 Å². The molecule has 0 saturated heterocycles. The van der Waals surface area contributed by atoms with E-state index in [-0.39, 0.29) is 11.3 Å². The summed E-state index contributed by atoms with van der Waals surface area (Å²) in [5.74, 6) is 0.746. The summed E-state index contributed by atoms with van der Waals surface area (Å²) in [5, 5.41) is 6.55. The molecule has 0 aromatic heterocycles. The average molecular weight is 326 g/mol. The van der Waals surface area contributed by atoms with Crippen LogP contribution >= 0.6 is 0 Å². The minimum atomic E-state index is -0.316. The SMILES string of the molecule is CC(C)c1ccc(C2(C(=O)NCC3=CCNCC3)CCCC2)cc1. The van der Waals surface area contributed by atoms with E-state index >= 15 is 0 Å². The van der Waals surface area contributed by atoms with E-state index in [1.807, 2.05) is 0 Å². The van der Waals surface area contributed by atoms with E-state index in [2.05, 4.69) is 54.8 Å².